The third-order valence-electron chi connectivity index (χ3n) is 3.94. The maximum Gasteiger partial charge on any atom is 0.273 e. The van der Waals surface area contributed by atoms with Gasteiger partial charge < -0.3 is 14.5 Å². The molecule has 8 heteroatoms. The molecule has 0 spiro atoms. The fourth-order valence-electron chi connectivity index (χ4n) is 2.56. The molecule has 0 atom stereocenters. The maximum atomic E-state index is 12.5. The van der Waals surface area contributed by atoms with Crippen molar-refractivity contribution in [2.75, 3.05) is 26.2 Å². The van der Waals surface area contributed by atoms with Crippen LogP contribution in [0.1, 0.15) is 22.4 Å². The number of amides is 2. The summed E-state index contributed by atoms with van der Waals surface area (Å²) in [7, 11) is 0. The van der Waals surface area contributed by atoms with Gasteiger partial charge in [-0.3, -0.25) is 9.59 Å². The van der Waals surface area contributed by atoms with E-state index in [4.69, 9.17) is 16.3 Å². The van der Waals surface area contributed by atoms with Crippen molar-refractivity contribution in [2.24, 2.45) is 0 Å². The Morgan fingerprint density at radius 3 is 2.64 bits per heavy atom. The Labute approximate surface area is 155 Å². The lowest BCUT2D eigenvalue weighted by molar-refractivity contribution is -0.130. The Bertz CT molecular complexity index is 772. The number of thiazole rings is 1. The molecule has 2 amide bonds. The first-order chi connectivity index (χ1) is 12.0. The molecule has 3 rings (SSSR count). The monoisotopic (exact) mass is 379 g/mol. The van der Waals surface area contributed by atoms with Gasteiger partial charge in [-0.15, -0.1) is 11.3 Å². The number of nitrogens with zero attached hydrogens (tertiary/aromatic N) is 3. The number of benzene rings is 1. The second-order valence-electron chi connectivity index (χ2n) is 5.67. The third kappa shape index (κ3) is 4.49. The average molecular weight is 380 g/mol. The largest absolute Gasteiger partial charge is 0.486 e. The second-order valence-corrected chi connectivity index (χ2v) is 7.05. The summed E-state index contributed by atoms with van der Waals surface area (Å²) in [5.74, 6) is 0.602. The van der Waals surface area contributed by atoms with E-state index in [0.717, 1.165) is 5.01 Å². The summed E-state index contributed by atoms with van der Waals surface area (Å²) in [6.07, 6.45) is 0. The standard InChI is InChI=1S/C17H18ClN3O3S/c1-12(22)20-5-7-21(8-6-20)17(23)15-11-25-16(19-15)10-24-14-4-2-3-13(18)9-14/h2-4,9,11H,5-8,10H2,1H3. The molecule has 1 saturated heterocycles. The third-order valence-corrected chi connectivity index (χ3v) is 5.00. The van der Waals surface area contributed by atoms with Crippen molar-refractivity contribution in [3.63, 3.8) is 0 Å². The van der Waals surface area contributed by atoms with Crippen molar-refractivity contribution >= 4 is 34.8 Å². The molecule has 1 aromatic heterocycles. The number of rotatable bonds is 4. The molecular weight excluding hydrogens is 362 g/mol. The zero-order chi connectivity index (χ0) is 17.8. The van der Waals surface area contributed by atoms with Gasteiger partial charge in [-0.25, -0.2) is 4.98 Å². The lowest BCUT2D eigenvalue weighted by atomic mass is 10.3. The number of aromatic nitrogens is 1. The molecule has 0 unspecified atom stereocenters. The van der Waals surface area contributed by atoms with Gasteiger partial charge in [0.1, 0.15) is 23.1 Å². The molecule has 1 aromatic carbocycles. The highest BCUT2D eigenvalue weighted by Gasteiger charge is 2.24. The minimum absolute atomic E-state index is 0.0428. The van der Waals surface area contributed by atoms with Crippen molar-refractivity contribution in [3.05, 3.63) is 45.4 Å². The Kier molecular flexibility index (Phi) is 5.55. The SMILES string of the molecule is CC(=O)N1CCN(C(=O)c2csc(COc3cccc(Cl)c3)n2)CC1. The summed E-state index contributed by atoms with van der Waals surface area (Å²) < 4.78 is 5.65. The van der Waals surface area contributed by atoms with Gasteiger partial charge in [0.15, 0.2) is 0 Å². The molecule has 0 radical (unpaired) electrons. The lowest BCUT2D eigenvalue weighted by Gasteiger charge is -2.33. The quantitative estimate of drug-likeness (QED) is 0.819. The first-order valence-corrected chi connectivity index (χ1v) is 9.16. The van der Waals surface area contributed by atoms with Gasteiger partial charge in [-0.1, -0.05) is 17.7 Å². The van der Waals surface area contributed by atoms with E-state index in [-0.39, 0.29) is 18.4 Å². The molecule has 1 aliphatic heterocycles. The number of carbonyl (C=O) groups is 2. The van der Waals surface area contributed by atoms with E-state index in [1.165, 1.54) is 11.3 Å². The van der Waals surface area contributed by atoms with Crippen LogP contribution in [0.3, 0.4) is 0 Å². The van der Waals surface area contributed by atoms with Crippen LogP contribution in [0.5, 0.6) is 5.75 Å². The van der Waals surface area contributed by atoms with Gasteiger partial charge in [0, 0.05) is 43.5 Å². The van der Waals surface area contributed by atoms with Crippen LogP contribution in [0.15, 0.2) is 29.6 Å². The minimum atomic E-state index is -0.103. The number of hydrogen-bond acceptors (Lipinski definition) is 5. The lowest BCUT2D eigenvalue weighted by Crippen LogP contribution is -2.50. The van der Waals surface area contributed by atoms with Crippen LogP contribution in [0.25, 0.3) is 0 Å². The highest BCUT2D eigenvalue weighted by Crippen LogP contribution is 2.20. The molecule has 132 valence electrons. The molecule has 25 heavy (non-hydrogen) atoms. The van der Waals surface area contributed by atoms with Crippen LogP contribution in [0.4, 0.5) is 0 Å². The van der Waals surface area contributed by atoms with E-state index in [2.05, 4.69) is 4.98 Å². The van der Waals surface area contributed by atoms with Crippen molar-refractivity contribution in [3.8, 4) is 5.75 Å². The summed E-state index contributed by atoms with van der Waals surface area (Å²) in [5.41, 5.74) is 0.422. The summed E-state index contributed by atoms with van der Waals surface area (Å²) in [4.78, 5) is 31.7. The normalized spacial score (nSPS) is 14.5. The summed E-state index contributed by atoms with van der Waals surface area (Å²) in [6, 6.07) is 7.14. The van der Waals surface area contributed by atoms with Crippen LogP contribution in [-0.2, 0) is 11.4 Å². The van der Waals surface area contributed by atoms with Crippen LogP contribution in [-0.4, -0.2) is 52.8 Å². The number of carbonyl (C=O) groups excluding carboxylic acids is 2. The Morgan fingerprint density at radius 2 is 1.96 bits per heavy atom. The second kappa shape index (κ2) is 7.84. The molecule has 2 heterocycles. The van der Waals surface area contributed by atoms with Gasteiger partial charge in [0.05, 0.1) is 0 Å². The van der Waals surface area contributed by atoms with E-state index in [0.29, 0.717) is 42.6 Å². The molecule has 1 aliphatic rings. The molecule has 0 saturated carbocycles. The van der Waals surface area contributed by atoms with Crippen molar-refractivity contribution in [2.45, 2.75) is 13.5 Å². The number of hydrogen-bond donors (Lipinski definition) is 0. The highest BCUT2D eigenvalue weighted by atomic mass is 35.5. The van der Waals surface area contributed by atoms with E-state index >= 15 is 0 Å². The predicted molar refractivity (Wildman–Crippen MR) is 96.1 cm³/mol. The van der Waals surface area contributed by atoms with Crippen LogP contribution >= 0.6 is 22.9 Å². The van der Waals surface area contributed by atoms with Crippen molar-refractivity contribution in [1.29, 1.82) is 0 Å². The molecule has 2 aromatic rings. The van der Waals surface area contributed by atoms with Gasteiger partial charge in [-0.05, 0) is 18.2 Å². The number of halogens is 1. The Morgan fingerprint density at radius 1 is 1.24 bits per heavy atom. The van der Waals surface area contributed by atoms with Crippen LogP contribution in [0.2, 0.25) is 5.02 Å². The number of ether oxygens (including phenoxy) is 1. The molecule has 6 nitrogen and oxygen atoms in total. The van der Waals surface area contributed by atoms with Crippen molar-refractivity contribution < 1.29 is 14.3 Å². The van der Waals surface area contributed by atoms with Crippen molar-refractivity contribution in [1.82, 2.24) is 14.8 Å². The zero-order valence-corrected chi connectivity index (χ0v) is 15.3. The van der Waals surface area contributed by atoms with E-state index in [9.17, 15) is 9.59 Å². The first-order valence-electron chi connectivity index (χ1n) is 7.90. The number of piperazine rings is 1. The van der Waals surface area contributed by atoms with E-state index in [1.807, 2.05) is 12.1 Å². The topological polar surface area (TPSA) is 62.7 Å². The minimum Gasteiger partial charge on any atom is -0.486 e. The molecule has 0 aliphatic carbocycles. The van der Waals surface area contributed by atoms with Gasteiger partial charge >= 0.3 is 0 Å². The highest BCUT2D eigenvalue weighted by molar-refractivity contribution is 7.09. The van der Waals surface area contributed by atoms with Gasteiger partial charge in [-0.2, -0.15) is 0 Å². The van der Waals surface area contributed by atoms with E-state index < -0.39 is 0 Å². The van der Waals surface area contributed by atoms with Gasteiger partial charge in [0.25, 0.3) is 5.91 Å². The van der Waals surface area contributed by atoms with E-state index in [1.54, 1.807) is 34.2 Å². The fraction of sp³-hybridized carbons (Fsp3) is 0.353. The van der Waals surface area contributed by atoms with Gasteiger partial charge in [0.2, 0.25) is 5.91 Å². The first kappa shape index (κ1) is 17.7. The molecule has 0 N–H and O–H groups in total. The zero-order valence-electron chi connectivity index (χ0n) is 13.8. The smallest absolute Gasteiger partial charge is 0.273 e. The summed E-state index contributed by atoms with van der Waals surface area (Å²) in [5, 5.41) is 3.08. The fourth-order valence-corrected chi connectivity index (χ4v) is 3.42. The maximum absolute atomic E-state index is 12.5. The predicted octanol–water partition coefficient (Wildman–Crippen LogP) is 2.68. The molecule has 0 bridgehead atoms. The summed E-state index contributed by atoms with van der Waals surface area (Å²) in [6.45, 7) is 4.03. The average Bonchev–Trinajstić information content (AvgIpc) is 3.08. The Balaban J connectivity index is 1.56. The summed E-state index contributed by atoms with van der Waals surface area (Å²) >= 11 is 7.31. The molecular formula is C17H18ClN3O3S. The molecule has 1 fully saturated rings. The van der Waals surface area contributed by atoms with Crippen LogP contribution < -0.4 is 4.74 Å². The Hall–Kier alpha value is -2.12. The van der Waals surface area contributed by atoms with Crippen LogP contribution in [0, 0.1) is 0 Å².